The zero-order valence-electron chi connectivity index (χ0n) is 14.6. The molecule has 1 radical (unpaired) electrons. The van der Waals surface area contributed by atoms with Gasteiger partial charge in [-0.2, -0.15) is 0 Å². The van der Waals surface area contributed by atoms with Crippen molar-refractivity contribution in [3.05, 3.63) is 59.2 Å². The molecule has 2 aromatic carbocycles. The van der Waals surface area contributed by atoms with E-state index < -0.39 is 0 Å². The van der Waals surface area contributed by atoms with Crippen LogP contribution in [0.1, 0.15) is 41.8 Å². The molecule has 2 unspecified atom stereocenters. The van der Waals surface area contributed by atoms with Gasteiger partial charge in [0.15, 0.2) is 5.52 Å². The molecule has 2 atom stereocenters. The van der Waals surface area contributed by atoms with Crippen LogP contribution < -0.4 is 10.0 Å². The van der Waals surface area contributed by atoms with Crippen LogP contribution in [-0.4, -0.2) is 30.5 Å². The number of rotatable bonds is 6. The van der Waals surface area contributed by atoms with Crippen LogP contribution in [-0.2, 0) is 0 Å². The van der Waals surface area contributed by atoms with Crippen molar-refractivity contribution in [3.63, 3.8) is 0 Å². The second kappa shape index (κ2) is 9.29. The van der Waals surface area contributed by atoms with Crippen LogP contribution in [0.5, 0.6) is 5.75 Å². The molecule has 0 aliphatic carbocycles. The predicted octanol–water partition coefficient (Wildman–Crippen LogP) is 4.24. The van der Waals surface area contributed by atoms with Gasteiger partial charge in [-0.15, -0.1) is 0 Å². The molecular weight excluding hydrogens is 298 g/mol. The summed E-state index contributed by atoms with van der Waals surface area (Å²) in [7, 11) is 0.147. The summed E-state index contributed by atoms with van der Waals surface area (Å²) < 4.78 is 5.76. The fourth-order valence-electron chi connectivity index (χ4n) is 2.30. The smallest absolute Gasteiger partial charge is 0.186 e. The van der Waals surface area contributed by atoms with Crippen LogP contribution in [0.15, 0.2) is 42.5 Å². The summed E-state index contributed by atoms with van der Waals surface area (Å²) in [5.74, 6) is 0.863. The quantitative estimate of drug-likeness (QED) is 0.587. The molecule has 0 amide bonds. The first-order valence-corrected chi connectivity index (χ1v) is 8.65. The molecule has 0 aromatic heterocycles. The Morgan fingerprint density at radius 1 is 1.09 bits per heavy atom. The fraction of sp³-hybridized carbons (Fsp3) is 0.316. The Morgan fingerprint density at radius 3 is 2.17 bits per heavy atom. The first-order valence-electron chi connectivity index (χ1n) is 7.65. The van der Waals surface area contributed by atoms with Crippen LogP contribution >= 0.6 is 8.58 Å². The van der Waals surface area contributed by atoms with Crippen LogP contribution in [0, 0.1) is 13.8 Å². The molecule has 0 aliphatic heterocycles. The van der Waals surface area contributed by atoms with Gasteiger partial charge in [0.25, 0.3) is 0 Å². The van der Waals surface area contributed by atoms with Crippen molar-refractivity contribution in [3.8, 4) is 5.75 Å². The minimum absolute atomic E-state index is 0. The average Bonchev–Trinajstić information content (AvgIpc) is 2.49. The maximum Gasteiger partial charge on any atom is 0.186 e. The number of ether oxygens (including phenoxy) is 1. The fourth-order valence-corrected chi connectivity index (χ4v) is 3.41. The van der Waals surface area contributed by atoms with Crippen LogP contribution in [0.3, 0.4) is 0 Å². The second-order valence-electron chi connectivity index (χ2n) is 5.58. The average molecular weight is 321 g/mol. The molecule has 0 saturated carbocycles. The van der Waals surface area contributed by atoms with Crippen LogP contribution in [0.4, 0.5) is 0 Å². The molecule has 0 saturated heterocycles. The minimum Gasteiger partial charge on any atom is -0.491 e. The molecule has 0 spiro atoms. The van der Waals surface area contributed by atoms with E-state index in [1.165, 1.54) is 0 Å². The van der Waals surface area contributed by atoms with Crippen molar-refractivity contribution in [2.24, 2.45) is 0 Å². The van der Waals surface area contributed by atoms with Gasteiger partial charge < -0.3 is 4.74 Å². The van der Waals surface area contributed by atoms with E-state index >= 15 is 0 Å². The van der Waals surface area contributed by atoms with E-state index in [1.54, 1.807) is 0 Å². The maximum atomic E-state index is 12.5. The standard InChI is InChI=1S/C19H23O2P.Li/c1-5-15(4)21-16-9-11-17(12-10-16)22-19(20)18-13(2)7-6-8-14(18)3;/h6-12,15,22H,5H2,1-4H3;. The summed E-state index contributed by atoms with van der Waals surface area (Å²) in [6, 6.07) is 13.9. The number of benzene rings is 2. The van der Waals surface area contributed by atoms with E-state index in [0.29, 0.717) is 0 Å². The Hall–Kier alpha value is -1.06. The zero-order chi connectivity index (χ0) is 16.1. The van der Waals surface area contributed by atoms with Gasteiger partial charge in [0, 0.05) is 24.4 Å². The van der Waals surface area contributed by atoms with Gasteiger partial charge in [-0.25, -0.2) is 0 Å². The van der Waals surface area contributed by atoms with E-state index in [9.17, 15) is 4.79 Å². The number of aryl methyl sites for hydroxylation is 2. The minimum atomic E-state index is 0. The van der Waals surface area contributed by atoms with Gasteiger partial charge in [-0.1, -0.05) is 37.3 Å². The Balaban J connectivity index is 0.00000264. The molecule has 23 heavy (non-hydrogen) atoms. The summed E-state index contributed by atoms with van der Waals surface area (Å²) in [6.45, 7) is 8.14. The maximum absolute atomic E-state index is 12.5. The number of carbonyl (C=O) groups excluding carboxylic acids is 1. The Morgan fingerprint density at radius 2 is 1.65 bits per heavy atom. The molecule has 4 heteroatoms. The van der Waals surface area contributed by atoms with E-state index in [0.717, 1.165) is 34.2 Å². The molecular formula is C19H23LiO2P. The monoisotopic (exact) mass is 321 g/mol. The second-order valence-corrected chi connectivity index (χ2v) is 6.86. The van der Waals surface area contributed by atoms with Crippen molar-refractivity contribution in [1.29, 1.82) is 0 Å². The summed E-state index contributed by atoms with van der Waals surface area (Å²) in [5, 5.41) is 1.05. The van der Waals surface area contributed by atoms with Gasteiger partial charge in [-0.05, 0) is 64.3 Å². The molecule has 2 aromatic rings. The van der Waals surface area contributed by atoms with Crippen molar-refractivity contribution in [2.45, 2.75) is 40.2 Å². The third-order valence-corrected chi connectivity index (χ3v) is 4.83. The van der Waals surface area contributed by atoms with E-state index in [1.807, 2.05) is 56.3 Å². The molecule has 0 bridgehead atoms. The van der Waals surface area contributed by atoms with Gasteiger partial charge in [-0.3, -0.25) is 4.79 Å². The van der Waals surface area contributed by atoms with Gasteiger partial charge in [0.2, 0.25) is 0 Å². The summed E-state index contributed by atoms with van der Waals surface area (Å²) in [5.41, 5.74) is 3.16. The Bertz CT molecular complexity index is 633. The molecule has 117 valence electrons. The van der Waals surface area contributed by atoms with Gasteiger partial charge >= 0.3 is 0 Å². The molecule has 0 N–H and O–H groups in total. The molecule has 0 fully saturated rings. The SMILES string of the molecule is CCC(C)Oc1ccc(PC(=O)c2c(C)cccc2C)cc1.[Li]. The van der Waals surface area contributed by atoms with Gasteiger partial charge in [0.1, 0.15) is 5.75 Å². The topological polar surface area (TPSA) is 26.3 Å². The third-order valence-electron chi connectivity index (χ3n) is 3.73. The van der Waals surface area contributed by atoms with Crippen molar-refractivity contribution >= 4 is 38.3 Å². The zero-order valence-corrected chi connectivity index (χ0v) is 15.6. The number of carbonyl (C=O) groups is 1. The molecule has 0 heterocycles. The van der Waals surface area contributed by atoms with Crippen molar-refractivity contribution in [2.75, 3.05) is 0 Å². The predicted molar refractivity (Wildman–Crippen MR) is 101 cm³/mol. The summed E-state index contributed by atoms with van der Waals surface area (Å²) >= 11 is 0. The third kappa shape index (κ3) is 5.50. The summed E-state index contributed by atoms with van der Waals surface area (Å²) in [6.07, 6.45) is 1.19. The van der Waals surface area contributed by atoms with Crippen LogP contribution in [0.25, 0.3) is 0 Å². The van der Waals surface area contributed by atoms with Crippen molar-refractivity contribution < 1.29 is 9.53 Å². The first-order chi connectivity index (χ1) is 10.5. The van der Waals surface area contributed by atoms with E-state index in [2.05, 4.69) is 13.8 Å². The molecule has 2 nitrogen and oxygen atoms in total. The summed E-state index contributed by atoms with van der Waals surface area (Å²) in [4.78, 5) is 12.5. The number of hydrogen-bond donors (Lipinski definition) is 0. The molecule has 0 aliphatic rings. The van der Waals surface area contributed by atoms with E-state index in [-0.39, 0.29) is 39.1 Å². The van der Waals surface area contributed by atoms with Crippen LogP contribution in [0.2, 0.25) is 0 Å². The number of hydrogen-bond acceptors (Lipinski definition) is 2. The largest absolute Gasteiger partial charge is 0.491 e. The normalized spacial score (nSPS) is 12.0. The Labute approximate surface area is 153 Å². The van der Waals surface area contributed by atoms with Gasteiger partial charge in [0.05, 0.1) is 6.10 Å². The van der Waals surface area contributed by atoms with E-state index in [4.69, 9.17) is 4.74 Å². The van der Waals surface area contributed by atoms with Crippen molar-refractivity contribution in [1.82, 2.24) is 0 Å². The molecule has 2 rings (SSSR count). The Kier molecular flexibility index (Phi) is 8.07. The first kappa shape index (κ1) is 20.0.